The molecule has 0 aliphatic carbocycles. The molecule has 3 heterocycles. The number of hydrogen-bond donors (Lipinski definition) is 1. The molecule has 7 atom stereocenters. The Morgan fingerprint density at radius 2 is 2.00 bits per heavy atom. The number of hydrogen-bond acceptors (Lipinski definition) is 6. The van der Waals surface area contributed by atoms with Crippen LogP contribution in [0.4, 0.5) is 5.69 Å². The second-order valence-corrected chi connectivity index (χ2v) is 12.7. The number of rotatable bonds is 13. The van der Waals surface area contributed by atoms with Crippen molar-refractivity contribution in [2.45, 2.75) is 68.0 Å². The average Bonchev–Trinajstić information content (AvgIpc) is 3.52. The van der Waals surface area contributed by atoms with Gasteiger partial charge in [0.15, 0.2) is 0 Å². The minimum atomic E-state index is -0.835. The van der Waals surface area contributed by atoms with E-state index in [1.807, 2.05) is 13.0 Å². The molecule has 0 aromatic heterocycles. The molecule has 3 aliphatic rings. The number of ether oxygens (including phenoxy) is 1. The number of carbonyl (C=O) groups excluding carboxylic acids is 3. The van der Waals surface area contributed by atoms with Crippen molar-refractivity contribution in [1.82, 2.24) is 4.90 Å². The second kappa shape index (κ2) is 12.5. The molecule has 3 unspecified atom stereocenters. The largest absolute Gasteiger partial charge is 0.465 e. The normalized spacial score (nSPS) is 29.7. The summed E-state index contributed by atoms with van der Waals surface area (Å²) in [4.78, 5) is 45.5. The molecule has 7 nitrogen and oxygen atoms in total. The van der Waals surface area contributed by atoms with Crippen LogP contribution in [-0.4, -0.2) is 69.6 Å². The predicted octanol–water partition coefficient (Wildman–Crippen LogP) is 4.87. The van der Waals surface area contributed by atoms with Gasteiger partial charge in [0, 0.05) is 22.5 Å². The Morgan fingerprint density at radius 3 is 2.62 bits per heavy atom. The summed E-state index contributed by atoms with van der Waals surface area (Å²) in [5, 5.41) is 10.8. The van der Waals surface area contributed by atoms with E-state index in [1.165, 1.54) is 0 Å². The van der Waals surface area contributed by atoms with Crippen molar-refractivity contribution < 1.29 is 24.2 Å². The molecule has 0 radical (unpaired) electrons. The number of benzene rings is 1. The van der Waals surface area contributed by atoms with Gasteiger partial charge in [-0.1, -0.05) is 37.6 Å². The number of amides is 2. The van der Waals surface area contributed by atoms with Gasteiger partial charge in [-0.05, 0) is 62.3 Å². The highest BCUT2D eigenvalue weighted by Gasteiger charge is 2.77. The van der Waals surface area contributed by atoms with Gasteiger partial charge in [-0.25, -0.2) is 0 Å². The highest BCUT2D eigenvalue weighted by Crippen LogP contribution is 2.69. The van der Waals surface area contributed by atoms with Crippen molar-refractivity contribution in [3.63, 3.8) is 0 Å². The first-order chi connectivity index (χ1) is 18.8. The van der Waals surface area contributed by atoms with Crippen molar-refractivity contribution >= 4 is 46.8 Å². The first-order valence-electron chi connectivity index (χ1n) is 13.8. The van der Waals surface area contributed by atoms with E-state index in [-0.39, 0.29) is 42.1 Å². The maximum Gasteiger partial charge on any atom is 0.310 e. The van der Waals surface area contributed by atoms with Crippen LogP contribution < -0.4 is 4.90 Å². The van der Waals surface area contributed by atoms with Crippen LogP contribution in [0.25, 0.3) is 0 Å². The summed E-state index contributed by atoms with van der Waals surface area (Å²) in [6.07, 6.45) is 7.17. The van der Waals surface area contributed by atoms with E-state index in [0.29, 0.717) is 23.7 Å². The Morgan fingerprint density at radius 1 is 1.28 bits per heavy atom. The molecule has 1 aromatic rings. The lowest BCUT2D eigenvalue weighted by Crippen LogP contribution is -2.59. The van der Waals surface area contributed by atoms with Gasteiger partial charge in [0.1, 0.15) is 6.04 Å². The van der Waals surface area contributed by atoms with Gasteiger partial charge in [-0.2, -0.15) is 0 Å². The third-order valence-electron chi connectivity index (χ3n) is 8.53. The molecule has 4 rings (SSSR count). The van der Waals surface area contributed by atoms with Crippen molar-refractivity contribution in [2.75, 3.05) is 24.7 Å². The summed E-state index contributed by atoms with van der Waals surface area (Å²) in [6, 6.07) is 5.63. The molecule has 3 aliphatic heterocycles. The smallest absolute Gasteiger partial charge is 0.310 e. The number of aliphatic hydroxyl groups is 1. The summed E-state index contributed by atoms with van der Waals surface area (Å²) in [6.45, 7) is 11.8. The minimum absolute atomic E-state index is 0.0176. The zero-order chi connectivity index (χ0) is 28.3. The molecule has 1 N–H and O–H groups in total. The topological polar surface area (TPSA) is 87.1 Å². The fourth-order valence-corrected chi connectivity index (χ4v) is 9.21. The summed E-state index contributed by atoms with van der Waals surface area (Å²) < 4.78 is 4.90. The first kappa shape index (κ1) is 29.7. The van der Waals surface area contributed by atoms with Crippen LogP contribution >= 0.6 is 23.4 Å². The van der Waals surface area contributed by atoms with Crippen LogP contribution in [0.2, 0.25) is 5.02 Å². The predicted molar refractivity (Wildman–Crippen MR) is 156 cm³/mol. The van der Waals surface area contributed by atoms with E-state index in [9.17, 15) is 19.5 Å². The molecule has 212 valence electrons. The molecule has 3 fully saturated rings. The summed E-state index contributed by atoms with van der Waals surface area (Å²) >= 11 is 7.72. The Labute approximate surface area is 240 Å². The maximum absolute atomic E-state index is 14.6. The number of allylic oxidation sites excluding steroid dienone is 1. The zero-order valence-electron chi connectivity index (χ0n) is 22.8. The van der Waals surface area contributed by atoms with Crippen LogP contribution in [0.1, 0.15) is 46.0 Å². The van der Waals surface area contributed by atoms with Crippen molar-refractivity contribution in [1.29, 1.82) is 0 Å². The van der Waals surface area contributed by atoms with Crippen LogP contribution in [-0.2, 0) is 19.1 Å². The van der Waals surface area contributed by atoms with Crippen molar-refractivity contribution in [2.24, 2.45) is 17.8 Å². The summed E-state index contributed by atoms with van der Waals surface area (Å²) in [5.74, 6) is -2.11. The number of unbranched alkanes of at least 4 members (excludes halogenated alkanes) is 2. The van der Waals surface area contributed by atoms with Crippen molar-refractivity contribution in [3.8, 4) is 0 Å². The van der Waals surface area contributed by atoms with E-state index in [2.05, 4.69) is 20.1 Å². The Bertz CT molecular complexity index is 1090. The van der Waals surface area contributed by atoms with Gasteiger partial charge in [0.2, 0.25) is 5.91 Å². The highest BCUT2D eigenvalue weighted by molar-refractivity contribution is 8.02. The molecule has 2 amide bonds. The lowest BCUT2D eigenvalue weighted by Gasteiger charge is -2.42. The van der Waals surface area contributed by atoms with Gasteiger partial charge in [0.05, 0.1) is 35.8 Å². The monoisotopic (exact) mass is 574 g/mol. The van der Waals surface area contributed by atoms with Gasteiger partial charge in [-0.3, -0.25) is 14.4 Å². The number of fused-ring (bicyclic) bond motifs is 1. The number of esters is 1. The number of anilines is 1. The van der Waals surface area contributed by atoms with Crippen LogP contribution in [0, 0.1) is 17.8 Å². The second-order valence-electron chi connectivity index (χ2n) is 10.7. The molecule has 1 aromatic carbocycles. The molecule has 2 bridgehead atoms. The molecule has 0 saturated carbocycles. The number of carbonyl (C=O) groups is 3. The fraction of sp³-hybridized carbons (Fsp3) is 0.567. The van der Waals surface area contributed by atoms with E-state index >= 15 is 0 Å². The molecular weight excluding hydrogens is 536 g/mol. The number of thioether (sulfide) groups is 1. The molecular formula is C30H39ClN2O5S. The molecule has 9 heteroatoms. The molecule has 39 heavy (non-hydrogen) atoms. The maximum atomic E-state index is 14.6. The Balaban J connectivity index is 1.73. The number of aliphatic hydroxyl groups excluding tert-OH is 1. The molecule has 1 spiro atoms. The average molecular weight is 575 g/mol. The van der Waals surface area contributed by atoms with Gasteiger partial charge < -0.3 is 19.6 Å². The minimum Gasteiger partial charge on any atom is -0.465 e. The SMILES string of the molecule is C=CCCCCOC(=O)[C@@H]1[C@H]2C(=O)N([C@@H](CC)CO)C(C(=O)N(CC=C)c3ccc(Cl)cc3)C23S[C@@H]1CC3C. The van der Waals surface area contributed by atoms with Crippen molar-refractivity contribution in [3.05, 3.63) is 54.6 Å². The standard InChI is InChI=1S/C30H39ClN2O5S/c1-5-8-9-10-16-38-29(37)24-23-17-19(4)30(39-23)25(24)27(35)33(21(7-3)18-34)26(30)28(36)32(15-6-2)22-13-11-20(31)12-14-22/h5-6,11-14,19,21,23-26,34H,1-2,7-10,15-18H2,3-4H3/t19?,21-,23+,24-,25-,26?,30?/m0/s1. The number of nitrogens with zero attached hydrogens (tertiary/aromatic N) is 2. The van der Waals surface area contributed by atoms with E-state index in [1.54, 1.807) is 51.9 Å². The number of halogens is 1. The molecule has 3 saturated heterocycles. The first-order valence-corrected chi connectivity index (χ1v) is 15.1. The quantitative estimate of drug-likeness (QED) is 0.205. The number of likely N-dealkylation sites (tertiary alicyclic amines) is 1. The van der Waals surface area contributed by atoms with E-state index < -0.39 is 28.7 Å². The fourth-order valence-electron chi connectivity index (χ4n) is 6.69. The lowest BCUT2D eigenvalue weighted by atomic mass is 9.66. The van der Waals surface area contributed by atoms with Gasteiger partial charge in [-0.15, -0.1) is 24.9 Å². The highest BCUT2D eigenvalue weighted by atomic mass is 35.5. The van der Waals surface area contributed by atoms with E-state index in [0.717, 1.165) is 25.7 Å². The third-order valence-corrected chi connectivity index (χ3v) is 10.9. The Kier molecular flexibility index (Phi) is 9.50. The van der Waals surface area contributed by atoms with E-state index in [4.69, 9.17) is 16.3 Å². The zero-order valence-corrected chi connectivity index (χ0v) is 24.3. The van der Waals surface area contributed by atoms with Gasteiger partial charge >= 0.3 is 5.97 Å². The van der Waals surface area contributed by atoms with Gasteiger partial charge in [0.25, 0.3) is 5.91 Å². The lowest BCUT2D eigenvalue weighted by molar-refractivity contribution is -0.155. The summed E-state index contributed by atoms with van der Waals surface area (Å²) in [7, 11) is 0. The van der Waals surface area contributed by atoms with Crippen LogP contribution in [0.15, 0.2) is 49.6 Å². The van der Waals surface area contributed by atoms with Crippen LogP contribution in [0.3, 0.4) is 0 Å². The van der Waals surface area contributed by atoms with Crippen LogP contribution in [0.5, 0.6) is 0 Å². The summed E-state index contributed by atoms with van der Waals surface area (Å²) in [5.41, 5.74) is 0.647. The third kappa shape index (κ3) is 5.16. The Hall–Kier alpha value is -2.29.